The monoisotopic (exact) mass is 275 g/mol. The molecule has 0 aromatic heterocycles. The standard InChI is InChI=1S/C11H15BrFNO/c1-7(2)6-15-11-9(12)3-8(5-14)4-10(11)13/h3-4,7H,5-6,14H2,1-2H3. The highest BCUT2D eigenvalue weighted by Crippen LogP contribution is 2.29. The van der Waals surface area contributed by atoms with Gasteiger partial charge in [-0.3, -0.25) is 0 Å². The van der Waals surface area contributed by atoms with Crippen LogP contribution < -0.4 is 10.5 Å². The molecule has 0 saturated carbocycles. The van der Waals surface area contributed by atoms with Crippen molar-refractivity contribution >= 4 is 15.9 Å². The van der Waals surface area contributed by atoms with Gasteiger partial charge in [-0.15, -0.1) is 0 Å². The minimum absolute atomic E-state index is 0.265. The lowest BCUT2D eigenvalue weighted by atomic mass is 10.2. The van der Waals surface area contributed by atoms with Crippen molar-refractivity contribution in [3.63, 3.8) is 0 Å². The van der Waals surface area contributed by atoms with Crippen LogP contribution in [0.2, 0.25) is 0 Å². The average Bonchev–Trinajstić information content (AvgIpc) is 2.15. The molecule has 0 heterocycles. The zero-order chi connectivity index (χ0) is 11.4. The second kappa shape index (κ2) is 5.47. The Labute approximate surface area is 97.7 Å². The molecule has 2 nitrogen and oxygen atoms in total. The first-order valence-corrected chi connectivity index (χ1v) is 5.64. The summed E-state index contributed by atoms with van der Waals surface area (Å²) in [5.41, 5.74) is 6.18. The largest absolute Gasteiger partial charge is 0.489 e. The number of ether oxygens (including phenoxy) is 1. The number of hydrogen-bond acceptors (Lipinski definition) is 2. The van der Waals surface area contributed by atoms with E-state index in [1.807, 2.05) is 13.8 Å². The molecule has 84 valence electrons. The lowest BCUT2D eigenvalue weighted by Gasteiger charge is -2.12. The Morgan fingerprint density at radius 3 is 2.60 bits per heavy atom. The normalized spacial score (nSPS) is 10.8. The Hall–Kier alpha value is -0.610. The quantitative estimate of drug-likeness (QED) is 0.917. The van der Waals surface area contributed by atoms with Gasteiger partial charge in [-0.2, -0.15) is 0 Å². The van der Waals surface area contributed by atoms with Crippen molar-refractivity contribution in [2.45, 2.75) is 20.4 Å². The summed E-state index contributed by atoms with van der Waals surface area (Å²) < 4.78 is 19.5. The van der Waals surface area contributed by atoms with Crippen molar-refractivity contribution in [2.75, 3.05) is 6.61 Å². The number of benzene rings is 1. The van der Waals surface area contributed by atoms with Crippen molar-refractivity contribution in [1.29, 1.82) is 0 Å². The van der Waals surface area contributed by atoms with Gasteiger partial charge in [-0.25, -0.2) is 4.39 Å². The van der Waals surface area contributed by atoms with Crippen LogP contribution >= 0.6 is 15.9 Å². The molecular weight excluding hydrogens is 261 g/mol. The van der Waals surface area contributed by atoms with Crippen LogP contribution in [-0.4, -0.2) is 6.61 Å². The minimum atomic E-state index is -0.370. The van der Waals surface area contributed by atoms with Gasteiger partial charge >= 0.3 is 0 Å². The number of hydrogen-bond donors (Lipinski definition) is 1. The van der Waals surface area contributed by atoms with E-state index in [0.29, 0.717) is 23.5 Å². The van der Waals surface area contributed by atoms with Crippen LogP contribution in [0.15, 0.2) is 16.6 Å². The van der Waals surface area contributed by atoms with Gasteiger partial charge in [0.1, 0.15) is 0 Å². The van der Waals surface area contributed by atoms with E-state index in [4.69, 9.17) is 10.5 Å². The highest BCUT2D eigenvalue weighted by Gasteiger charge is 2.10. The average molecular weight is 276 g/mol. The fourth-order valence-corrected chi connectivity index (χ4v) is 1.72. The topological polar surface area (TPSA) is 35.2 Å². The van der Waals surface area contributed by atoms with Crippen molar-refractivity contribution in [3.8, 4) is 5.75 Å². The highest BCUT2D eigenvalue weighted by atomic mass is 79.9. The molecule has 0 aliphatic heterocycles. The van der Waals surface area contributed by atoms with E-state index in [1.54, 1.807) is 6.07 Å². The summed E-state index contributed by atoms with van der Waals surface area (Å²) in [5, 5.41) is 0. The molecule has 0 bridgehead atoms. The number of nitrogens with two attached hydrogens (primary N) is 1. The zero-order valence-electron chi connectivity index (χ0n) is 8.89. The Balaban J connectivity index is 2.88. The van der Waals surface area contributed by atoms with Crippen molar-refractivity contribution in [1.82, 2.24) is 0 Å². The maximum Gasteiger partial charge on any atom is 0.169 e. The van der Waals surface area contributed by atoms with Crippen molar-refractivity contribution in [3.05, 3.63) is 28.0 Å². The molecule has 4 heteroatoms. The van der Waals surface area contributed by atoms with Crippen LogP contribution in [0, 0.1) is 11.7 Å². The van der Waals surface area contributed by atoms with Crippen LogP contribution in [0.25, 0.3) is 0 Å². The van der Waals surface area contributed by atoms with E-state index >= 15 is 0 Å². The van der Waals surface area contributed by atoms with Crippen LogP contribution in [0.1, 0.15) is 19.4 Å². The summed E-state index contributed by atoms with van der Waals surface area (Å²) in [4.78, 5) is 0. The molecule has 0 spiro atoms. The Morgan fingerprint density at radius 1 is 1.47 bits per heavy atom. The summed E-state index contributed by atoms with van der Waals surface area (Å²) in [5.74, 6) is 0.261. The van der Waals surface area contributed by atoms with Gasteiger partial charge < -0.3 is 10.5 Å². The summed E-state index contributed by atoms with van der Waals surface area (Å²) in [7, 11) is 0. The second-order valence-corrected chi connectivity index (χ2v) is 4.65. The molecule has 0 atom stereocenters. The highest BCUT2D eigenvalue weighted by molar-refractivity contribution is 9.10. The summed E-state index contributed by atoms with van der Waals surface area (Å²) in [6, 6.07) is 3.18. The second-order valence-electron chi connectivity index (χ2n) is 3.80. The SMILES string of the molecule is CC(C)COc1c(F)cc(CN)cc1Br. The first kappa shape index (κ1) is 12.5. The fourth-order valence-electron chi connectivity index (χ4n) is 1.12. The van der Waals surface area contributed by atoms with E-state index < -0.39 is 0 Å². The van der Waals surface area contributed by atoms with E-state index in [0.717, 1.165) is 5.56 Å². The maximum atomic E-state index is 13.5. The first-order chi connectivity index (χ1) is 7.04. The third-order valence-corrected chi connectivity index (χ3v) is 2.44. The molecule has 1 rings (SSSR count). The molecule has 0 saturated heterocycles. The molecule has 2 N–H and O–H groups in total. The van der Waals surface area contributed by atoms with Gasteiger partial charge in [-0.1, -0.05) is 13.8 Å². The smallest absolute Gasteiger partial charge is 0.169 e. The van der Waals surface area contributed by atoms with Gasteiger partial charge in [0.15, 0.2) is 11.6 Å². The molecule has 0 fully saturated rings. The van der Waals surface area contributed by atoms with E-state index in [9.17, 15) is 4.39 Å². The fraction of sp³-hybridized carbons (Fsp3) is 0.455. The Kier molecular flexibility index (Phi) is 4.54. The molecule has 0 radical (unpaired) electrons. The van der Waals surface area contributed by atoms with Crippen LogP contribution in [0.3, 0.4) is 0 Å². The Morgan fingerprint density at radius 2 is 2.13 bits per heavy atom. The minimum Gasteiger partial charge on any atom is -0.489 e. The van der Waals surface area contributed by atoms with E-state index in [2.05, 4.69) is 15.9 Å². The van der Waals surface area contributed by atoms with Crippen LogP contribution in [-0.2, 0) is 6.54 Å². The third-order valence-electron chi connectivity index (χ3n) is 1.85. The van der Waals surface area contributed by atoms with Crippen molar-refractivity contribution < 1.29 is 9.13 Å². The molecule has 0 aliphatic carbocycles. The number of rotatable bonds is 4. The van der Waals surface area contributed by atoms with Gasteiger partial charge in [-0.05, 0) is 39.5 Å². The summed E-state index contributed by atoms with van der Waals surface area (Å²) >= 11 is 3.27. The summed E-state index contributed by atoms with van der Waals surface area (Å²) in [6.45, 7) is 4.84. The lowest BCUT2D eigenvalue weighted by Crippen LogP contribution is -2.07. The predicted octanol–water partition coefficient (Wildman–Crippen LogP) is 3.08. The molecule has 1 aromatic carbocycles. The molecule has 0 aliphatic rings. The van der Waals surface area contributed by atoms with Gasteiger partial charge in [0.05, 0.1) is 11.1 Å². The predicted molar refractivity (Wildman–Crippen MR) is 62.3 cm³/mol. The number of halogens is 2. The maximum absolute atomic E-state index is 13.5. The van der Waals surface area contributed by atoms with Crippen LogP contribution in [0.5, 0.6) is 5.75 Å². The van der Waals surface area contributed by atoms with Gasteiger partial charge in [0, 0.05) is 6.54 Å². The molecule has 0 unspecified atom stereocenters. The van der Waals surface area contributed by atoms with Crippen LogP contribution in [0.4, 0.5) is 4.39 Å². The molecule has 1 aromatic rings. The molecular formula is C11H15BrFNO. The zero-order valence-corrected chi connectivity index (χ0v) is 10.5. The molecule has 0 amide bonds. The van der Waals surface area contributed by atoms with E-state index in [-0.39, 0.29) is 11.6 Å². The Bertz CT molecular complexity index is 318. The summed E-state index contributed by atoms with van der Waals surface area (Å²) in [6.07, 6.45) is 0. The van der Waals surface area contributed by atoms with Crippen molar-refractivity contribution in [2.24, 2.45) is 11.7 Å². The third kappa shape index (κ3) is 3.47. The lowest BCUT2D eigenvalue weighted by molar-refractivity contribution is 0.257. The first-order valence-electron chi connectivity index (χ1n) is 4.85. The van der Waals surface area contributed by atoms with E-state index in [1.165, 1.54) is 6.07 Å². The van der Waals surface area contributed by atoms with Gasteiger partial charge in [0.25, 0.3) is 0 Å². The van der Waals surface area contributed by atoms with Gasteiger partial charge in [0.2, 0.25) is 0 Å². The molecule has 15 heavy (non-hydrogen) atoms.